The van der Waals surface area contributed by atoms with E-state index in [4.69, 9.17) is 16.4 Å². The summed E-state index contributed by atoms with van der Waals surface area (Å²) < 4.78 is 5.32. The van der Waals surface area contributed by atoms with Crippen molar-refractivity contribution in [1.82, 2.24) is 0 Å². The Balaban J connectivity index is 2.97. The molecule has 1 aliphatic rings. The topological polar surface area (TPSA) is 40.0 Å². The number of hydroxylamine groups is 2. The molecule has 0 amide bonds. The van der Waals surface area contributed by atoms with Gasteiger partial charge in [0.1, 0.15) is 0 Å². The van der Waals surface area contributed by atoms with Gasteiger partial charge in [-0.2, -0.15) is 0 Å². The average molecular weight is 284 g/mol. The van der Waals surface area contributed by atoms with E-state index in [1.54, 1.807) is 12.2 Å². The molecule has 14 heavy (non-hydrogen) atoms. The predicted octanol–water partition coefficient (Wildman–Crippen LogP) is 0.347. The lowest BCUT2D eigenvalue weighted by molar-refractivity contribution is -1.06. The molecule has 0 aromatic carbocycles. The number of methoxy groups -OCH3 is 1. The highest BCUT2D eigenvalue weighted by atomic mass is 79.9. The summed E-state index contributed by atoms with van der Waals surface area (Å²) in [5, 5.41) is 0.805. The van der Waals surface area contributed by atoms with Crippen molar-refractivity contribution < 1.29 is 19.4 Å². The summed E-state index contributed by atoms with van der Waals surface area (Å²) in [6, 6.07) is -0.595. The maximum absolute atomic E-state index is 11.4. The van der Waals surface area contributed by atoms with E-state index in [1.807, 2.05) is 0 Å². The third kappa shape index (κ3) is 2.17. The molecular weight excluding hydrogens is 273 g/mol. The van der Waals surface area contributed by atoms with Crippen LogP contribution in [0, 0.1) is 0 Å². The maximum Gasteiger partial charge on any atom is 0.373 e. The largest absolute Gasteiger partial charge is 0.464 e. The lowest BCUT2D eigenvalue weighted by Crippen LogP contribution is -3.14. The molecule has 78 valence electrons. The van der Waals surface area contributed by atoms with E-state index in [0.717, 1.165) is 0 Å². The summed E-state index contributed by atoms with van der Waals surface area (Å²) >= 11 is 9.13. The number of allylic oxidation sites excluding steroid dienone is 2. The molecule has 0 saturated carbocycles. The van der Waals surface area contributed by atoms with Crippen LogP contribution in [0.15, 0.2) is 21.8 Å². The van der Waals surface area contributed by atoms with Crippen molar-refractivity contribution in [1.29, 1.82) is 0 Å². The van der Waals surface area contributed by atoms with Crippen LogP contribution in [0.4, 0.5) is 0 Å². The molecule has 1 N–H and O–H groups in total. The van der Waals surface area contributed by atoms with Crippen molar-refractivity contribution in [3.05, 3.63) is 21.8 Å². The van der Waals surface area contributed by atoms with Gasteiger partial charge in [-0.15, -0.1) is 5.06 Å². The fraction of sp³-hybridized carbons (Fsp3) is 0.375. The number of rotatable bonds is 2. The number of esters is 1. The van der Waals surface area contributed by atoms with E-state index in [1.165, 1.54) is 14.2 Å². The van der Waals surface area contributed by atoms with Crippen molar-refractivity contribution in [3.63, 3.8) is 0 Å². The fourth-order valence-corrected chi connectivity index (χ4v) is 1.92. The van der Waals surface area contributed by atoms with Gasteiger partial charge in [0, 0.05) is 6.08 Å². The Morgan fingerprint density at radius 2 is 2.21 bits per heavy atom. The normalized spacial score (nSPS) is 26.6. The van der Waals surface area contributed by atoms with Crippen LogP contribution in [0.25, 0.3) is 0 Å². The lowest BCUT2D eigenvalue weighted by Gasteiger charge is -2.23. The first-order valence-electron chi connectivity index (χ1n) is 3.83. The lowest BCUT2D eigenvalue weighted by atomic mass is 10.2. The molecule has 4 nitrogen and oxygen atoms in total. The van der Waals surface area contributed by atoms with Gasteiger partial charge in [0.05, 0.1) is 18.7 Å². The zero-order chi connectivity index (χ0) is 10.7. The van der Waals surface area contributed by atoms with Gasteiger partial charge in [-0.25, -0.2) is 9.63 Å². The van der Waals surface area contributed by atoms with Crippen LogP contribution < -0.4 is 5.06 Å². The highest BCUT2D eigenvalue weighted by Gasteiger charge is 2.39. The molecule has 0 aromatic rings. The second-order valence-corrected chi connectivity index (χ2v) is 3.91. The summed E-state index contributed by atoms with van der Waals surface area (Å²) in [5.74, 6) is -0.406. The van der Waals surface area contributed by atoms with Crippen LogP contribution in [0.1, 0.15) is 0 Å². The number of hydrogen-bond donors (Lipinski definition) is 1. The van der Waals surface area contributed by atoms with E-state index in [0.29, 0.717) is 14.7 Å². The fourth-order valence-electron chi connectivity index (χ4n) is 1.15. The van der Waals surface area contributed by atoms with Crippen molar-refractivity contribution >= 4 is 33.5 Å². The standard InChI is InChI=1S/C8H9BrClNO3/c1-13-8(12)7-5(9)3-4-6(10)11(7)14-2/h3-4,7H,1-2H3/p+1. The Morgan fingerprint density at radius 3 is 2.71 bits per heavy atom. The zero-order valence-corrected chi connectivity index (χ0v) is 10.1. The SMILES string of the molecule is COC(=O)C1C(Br)=CC=C(Cl)[NH+]1OC. The third-order valence-corrected chi connectivity index (χ3v) is 2.85. The van der Waals surface area contributed by atoms with Crippen molar-refractivity contribution in [2.24, 2.45) is 0 Å². The van der Waals surface area contributed by atoms with Crippen LogP contribution in [0.5, 0.6) is 0 Å². The highest BCUT2D eigenvalue weighted by molar-refractivity contribution is 9.11. The number of carbonyl (C=O) groups is 1. The summed E-state index contributed by atoms with van der Waals surface area (Å²) in [7, 11) is 2.79. The van der Waals surface area contributed by atoms with Crippen LogP contribution in [0.2, 0.25) is 0 Å². The third-order valence-electron chi connectivity index (χ3n) is 1.82. The van der Waals surface area contributed by atoms with E-state index in [2.05, 4.69) is 20.7 Å². The van der Waals surface area contributed by atoms with Crippen molar-refractivity contribution in [2.75, 3.05) is 14.2 Å². The molecule has 2 unspecified atom stereocenters. The minimum atomic E-state index is -0.595. The molecular formula is C8H10BrClNO3+. The quantitative estimate of drug-likeness (QED) is 0.587. The Labute approximate surface area is 95.2 Å². The Hall–Kier alpha value is -0.360. The van der Waals surface area contributed by atoms with Crippen molar-refractivity contribution in [3.8, 4) is 0 Å². The molecule has 2 atom stereocenters. The molecule has 0 aromatic heterocycles. The zero-order valence-electron chi connectivity index (χ0n) is 7.71. The summed E-state index contributed by atoms with van der Waals surface area (Å²) in [6.45, 7) is 0. The Kier molecular flexibility index (Phi) is 4.12. The second kappa shape index (κ2) is 4.93. The monoisotopic (exact) mass is 282 g/mol. The molecule has 0 spiro atoms. The molecule has 0 aliphatic carbocycles. The average Bonchev–Trinajstić information content (AvgIpc) is 2.19. The molecule has 0 saturated heterocycles. The minimum Gasteiger partial charge on any atom is -0.464 e. The second-order valence-electron chi connectivity index (χ2n) is 2.59. The van der Waals surface area contributed by atoms with Gasteiger partial charge < -0.3 is 4.74 Å². The first-order chi connectivity index (χ1) is 6.61. The van der Waals surface area contributed by atoms with Gasteiger partial charge in [-0.1, -0.05) is 0 Å². The van der Waals surface area contributed by atoms with E-state index in [9.17, 15) is 4.79 Å². The van der Waals surface area contributed by atoms with Crippen LogP contribution in [-0.4, -0.2) is 26.2 Å². The maximum atomic E-state index is 11.4. The number of hydrogen-bond acceptors (Lipinski definition) is 3. The Bertz CT molecular complexity index is 303. The number of nitrogens with one attached hydrogen (secondary N) is 1. The minimum absolute atomic E-state index is 0.396. The smallest absolute Gasteiger partial charge is 0.373 e. The van der Waals surface area contributed by atoms with Gasteiger partial charge in [-0.3, -0.25) is 0 Å². The number of halogens is 2. The van der Waals surface area contributed by atoms with E-state index < -0.39 is 12.0 Å². The summed E-state index contributed by atoms with van der Waals surface area (Å²) in [5.41, 5.74) is 0. The first kappa shape index (κ1) is 11.7. The van der Waals surface area contributed by atoms with Gasteiger partial charge in [0.15, 0.2) is 0 Å². The van der Waals surface area contributed by atoms with E-state index in [-0.39, 0.29) is 0 Å². The number of carbonyl (C=O) groups excluding carboxylic acids is 1. The molecule has 0 radical (unpaired) electrons. The molecule has 0 bridgehead atoms. The van der Waals surface area contributed by atoms with Gasteiger partial charge in [0.2, 0.25) is 5.16 Å². The van der Waals surface area contributed by atoms with Gasteiger partial charge in [0.25, 0.3) is 6.04 Å². The van der Waals surface area contributed by atoms with Crippen LogP contribution in [0.3, 0.4) is 0 Å². The van der Waals surface area contributed by atoms with E-state index >= 15 is 0 Å². The molecule has 6 heteroatoms. The summed E-state index contributed by atoms with van der Waals surface area (Å²) in [6.07, 6.45) is 3.36. The first-order valence-corrected chi connectivity index (χ1v) is 5.00. The predicted molar refractivity (Wildman–Crippen MR) is 54.7 cm³/mol. The molecule has 1 heterocycles. The van der Waals surface area contributed by atoms with Crippen molar-refractivity contribution in [2.45, 2.75) is 6.04 Å². The molecule has 1 rings (SSSR count). The number of ether oxygens (including phenoxy) is 1. The van der Waals surface area contributed by atoms with Crippen LogP contribution >= 0.6 is 27.5 Å². The van der Waals surface area contributed by atoms with Gasteiger partial charge >= 0.3 is 5.97 Å². The van der Waals surface area contributed by atoms with Crippen LogP contribution in [-0.2, 0) is 14.4 Å². The van der Waals surface area contributed by atoms with Gasteiger partial charge in [-0.05, 0) is 33.6 Å². The highest BCUT2D eigenvalue weighted by Crippen LogP contribution is 2.15. The molecule has 0 fully saturated rings. The Morgan fingerprint density at radius 1 is 1.57 bits per heavy atom. The molecule has 1 aliphatic heterocycles. The number of quaternary nitrogens is 1. The summed E-state index contributed by atoms with van der Waals surface area (Å²) in [4.78, 5) is 16.5.